The Hall–Kier alpha value is -4.56. The summed E-state index contributed by atoms with van der Waals surface area (Å²) in [4.78, 5) is 32.6. The maximum Gasteiger partial charge on any atom is 0.248 e. The van der Waals surface area contributed by atoms with Crippen LogP contribution in [-0.2, 0) is 17.5 Å². The molecule has 43 heavy (non-hydrogen) atoms. The number of carbonyl (C=O) groups is 2. The summed E-state index contributed by atoms with van der Waals surface area (Å²) in [7, 11) is -0.458. The lowest BCUT2D eigenvalue weighted by atomic mass is 10.1. The zero-order chi connectivity index (χ0) is 31.7. The normalized spacial score (nSPS) is 12.4. The number of fused-ring (bicyclic) bond motifs is 2. The summed E-state index contributed by atoms with van der Waals surface area (Å²) < 4.78 is 21.4. The Labute approximate surface area is 250 Å². The molecule has 2 heterocycles. The summed E-state index contributed by atoms with van der Waals surface area (Å²) in [5, 5.41) is 0.0663. The number of amides is 2. The third-order valence-electron chi connectivity index (χ3n) is 7.81. The molecule has 2 aromatic carbocycles. The van der Waals surface area contributed by atoms with Gasteiger partial charge in [0.2, 0.25) is 23.7 Å². The van der Waals surface area contributed by atoms with Gasteiger partial charge in [0, 0.05) is 24.2 Å². The van der Waals surface area contributed by atoms with Crippen molar-refractivity contribution < 1.29 is 23.5 Å². The Bertz CT molecular complexity index is 1720. The second-order valence-electron chi connectivity index (χ2n) is 11.7. The quantitative estimate of drug-likeness (QED) is 0.106. The van der Waals surface area contributed by atoms with E-state index in [0.717, 1.165) is 0 Å². The van der Waals surface area contributed by atoms with E-state index in [-0.39, 0.29) is 34.7 Å². The van der Waals surface area contributed by atoms with Crippen molar-refractivity contribution in [3.63, 3.8) is 0 Å². The fourth-order valence-corrected chi connectivity index (χ4v) is 5.47. The lowest BCUT2D eigenvalue weighted by Crippen LogP contribution is -2.41. The molecule has 2 amide bonds. The van der Waals surface area contributed by atoms with E-state index in [4.69, 9.17) is 36.8 Å². The number of methoxy groups -OCH3 is 1. The molecule has 0 bridgehead atoms. The van der Waals surface area contributed by atoms with Crippen LogP contribution in [0.25, 0.3) is 22.1 Å². The zero-order valence-electron chi connectivity index (χ0n) is 25.4. The third-order valence-corrected chi connectivity index (χ3v) is 12.4. The van der Waals surface area contributed by atoms with Crippen LogP contribution in [0.2, 0.25) is 18.1 Å². The number of imidazole rings is 2. The Kier molecular flexibility index (Phi) is 8.73. The highest BCUT2D eigenvalue weighted by atomic mass is 28.4. The fraction of sp³-hybridized carbons (Fsp3) is 0.379. The number of anilines is 2. The van der Waals surface area contributed by atoms with Gasteiger partial charge in [0.05, 0.1) is 24.8 Å². The minimum Gasteiger partial charge on any atom is -0.494 e. The molecule has 8 N–H and O–H groups in total. The standard InChI is InChI=1S/C29H40N8O5Si/c1-29(2,3)43(5,6)42-12-11-41-22-16-18(26(31)39)14-20-24(22)37(28(33)35-20)10-8-7-9-36-23-19(34-27(36)32)13-17(25(30)38)15-21(23)40-4/h7-8,13-16H,9-12H2,1-6H3,(H2,30,38)(H2,31,39)(H2,32,34)(H2,33,35)/b8-7+. The highest BCUT2D eigenvalue weighted by Crippen LogP contribution is 2.36. The van der Waals surface area contributed by atoms with Crippen LogP contribution in [0.1, 0.15) is 41.5 Å². The highest BCUT2D eigenvalue weighted by Gasteiger charge is 2.37. The Morgan fingerprint density at radius 3 is 1.74 bits per heavy atom. The van der Waals surface area contributed by atoms with Crippen molar-refractivity contribution in [2.45, 2.75) is 52.0 Å². The average molecular weight is 609 g/mol. The van der Waals surface area contributed by atoms with Crippen LogP contribution < -0.4 is 32.4 Å². The molecule has 14 heteroatoms. The molecule has 0 aliphatic carbocycles. The maximum absolute atomic E-state index is 12.0. The van der Waals surface area contributed by atoms with Gasteiger partial charge in [-0.05, 0) is 42.4 Å². The molecule has 0 unspecified atom stereocenters. The molecule has 13 nitrogen and oxygen atoms in total. The number of hydrogen-bond acceptors (Lipinski definition) is 9. The van der Waals surface area contributed by atoms with Gasteiger partial charge < -0.3 is 46.0 Å². The predicted octanol–water partition coefficient (Wildman–Crippen LogP) is 3.41. The fourth-order valence-electron chi connectivity index (χ4n) is 4.44. The van der Waals surface area contributed by atoms with E-state index in [1.807, 2.05) is 12.2 Å². The molecule has 0 fully saturated rings. The van der Waals surface area contributed by atoms with Crippen LogP contribution in [0.3, 0.4) is 0 Å². The third kappa shape index (κ3) is 6.44. The van der Waals surface area contributed by atoms with Gasteiger partial charge in [0.25, 0.3) is 0 Å². The van der Waals surface area contributed by atoms with Crippen LogP contribution in [0, 0.1) is 0 Å². The average Bonchev–Trinajstić information content (AvgIpc) is 3.42. The summed E-state index contributed by atoms with van der Waals surface area (Å²) in [5.74, 6) is 0.174. The van der Waals surface area contributed by atoms with Crippen LogP contribution in [0.5, 0.6) is 11.5 Å². The number of primary amides is 2. The second-order valence-corrected chi connectivity index (χ2v) is 16.5. The minimum absolute atomic E-state index is 0.0663. The molecule has 230 valence electrons. The topological polar surface area (TPSA) is 202 Å². The first-order valence-corrected chi connectivity index (χ1v) is 16.7. The molecular weight excluding hydrogens is 568 g/mol. The van der Waals surface area contributed by atoms with Gasteiger partial charge in [-0.25, -0.2) is 9.97 Å². The van der Waals surface area contributed by atoms with Crippen molar-refractivity contribution >= 4 is 54.1 Å². The Morgan fingerprint density at radius 2 is 1.30 bits per heavy atom. The van der Waals surface area contributed by atoms with Gasteiger partial charge in [0.1, 0.15) is 29.1 Å². The number of allylic oxidation sites excluding steroid dienone is 2. The SMILES string of the molecule is COc1cc(C(N)=O)cc2nc(N)n(C/C=C/Cn3c(N)nc4cc(C(N)=O)cc(OCCO[Si](C)(C)C(C)(C)C)c43)c12. The molecule has 0 radical (unpaired) electrons. The first kappa shape index (κ1) is 31.4. The maximum atomic E-state index is 12.0. The zero-order valence-corrected chi connectivity index (χ0v) is 26.4. The van der Waals surface area contributed by atoms with Crippen molar-refractivity contribution in [1.82, 2.24) is 19.1 Å². The number of carbonyl (C=O) groups excluding carboxylic acids is 2. The molecule has 0 saturated heterocycles. The second kappa shape index (κ2) is 12.0. The number of benzene rings is 2. The number of nitrogen functional groups attached to an aromatic ring is 2. The molecule has 0 aliphatic rings. The number of nitrogens with zero attached hydrogens (tertiary/aromatic N) is 4. The van der Waals surface area contributed by atoms with Gasteiger partial charge in [-0.15, -0.1) is 0 Å². The van der Waals surface area contributed by atoms with Crippen molar-refractivity contribution in [1.29, 1.82) is 0 Å². The number of nitrogens with two attached hydrogens (primary N) is 4. The number of rotatable bonds is 12. The summed E-state index contributed by atoms with van der Waals surface area (Å²) in [5.41, 5.74) is 26.3. The van der Waals surface area contributed by atoms with Crippen LogP contribution >= 0.6 is 0 Å². The molecule has 0 spiro atoms. The molecule has 0 aliphatic heterocycles. The first-order valence-electron chi connectivity index (χ1n) is 13.8. The lowest BCUT2D eigenvalue weighted by Gasteiger charge is -2.36. The molecule has 2 aromatic heterocycles. The van der Waals surface area contributed by atoms with Crippen LogP contribution in [-0.4, -0.2) is 59.6 Å². The smallest absolute Gasteiger partial charge is 0.248 e. The van der Waals surface area contributed by atoms with E-state index < -0.39 is 20.1 Å². The van der Waals surface area contributed by atoms with E-state index in [1.165, 1.54) is 7.11 Å². The molecule has 4 rings (SSSR count). The summed E-state index contributed by atoms with van der Waals surface area (Å²) in [6, 6.07) is 6.33. The minimum atomic E-state index is -1.96. The van der Waals surface area contributed by atoms with Crippen molar-refractivity contribution in [2.75, 3.05) is 31.8 Å². The van der Waals surface area contributed by atoms with E-state index >= 15 is 0 Å². The van der Waals surface area contributed by atoms with E-state index in [0.29, 0.717) is 53.3 Å². The predicted molar refractivity (Wildman–Crippen MR) is 170 cm³/mol. The van der Waals surface area contributed by atoms with Crippen molar-refractivity contribution in [2.24, 2.45) is 11.5 Å². The molecule has 0 saturated carbocycles. The highest BCUT2D eigenvalue weighted by molar-refractivity contribution is 6.74. The Morgan fingerprint density at radius 1 is 0.837 bits per heavy atom. The molecular formula is C29H40N8O5Si. The molecule has 4 aromatic rings. The first-order chi connectivity index (χ1) is 20.1. The summed E-state index contributed by atoms with van der Waals surface area (Å²) >= 11 is 0. The number of aromatic nitrogens is 4. The van der Waals surface area contributed by atoms with Gasteiger partial charge in [0.15, 0.2) is 8.32 Å². The molecule has 0 atom stereocenters. The summed E-state index contributed by atoms with van der Waals surface area (Å²) in [6.07, 6.45) is 3.80. The summed E-state index contributed by atoms with van der Waals surface area (Å²) in [6.45, 7) is 12.3. The lowest BCUT2D eigenvalue weighted by molar-refractivity contribution is 0.0991. The largest absolute Gasteiger partial charge is 0.494 e. The number of hydrogen-bond donors (Lipinski definition) is 4. The van der Waals surface area contributed by atoms with E-state index in [2.05, 4.69) is 43.8 Å². The van der Waals surface area contributed by atoms with Gasteiger partial charge in [-0.1, -0.05) is 32.9 Å². The van der Waals surface area contributed by atoms with E-state index in [1.54, 1.807) is 33.4 Å². The van der Waals surface area contributed by atoms with Gasteiger partial charge in [-0.2, -0.15) is 0 Å². The van der Waals surface area contributed by atoms with Crippen molar-refractivity contribution in [3.8, 4) is 11.5 Å². The Balaban J connectivity index is 1.58. The van der Waals surface area contributed by atoms with Gasteiger partial charge >= 0.3 is 0 Å². The van der Waals surface area contributed by atoms with Crippen molar-refractivity contribution in [3.05, 3.63) is 47.5 Å². The monoisotopic (exact) mass is 608 g/mol. The van der Waals surface area contributed by atoms with E-state index in [9.17, 15) is 9.59 Å². The van der Waals surface area contributed by atoms with Crippen LogP contribution in [0.4, 0.5) is 11.9 Å². The van der Waals surface area contributed by atoms with Gasteiger partial charge in [-0.3, -0.25) is 9.59 Å². The number of ether oxygens (including phenoxy) is 2. The van der Waals surface area contributed by atoms with Crippen LogP contribution in [0.15, 0.2) is 36.4 Å².